The van der Waals surface area contributed by atoms with Crippen molar-refractivity contribution >= 4 is 10.9 Å². The number of rotatable bonds is 7. The third-order valence-electron chi connectivity index (χ3n) is 5.09. The lowest BCUT2D eigenvalue weighted by Crippen LogP contribution is -2.22. The summed E-state index contributed by atoms with van der Waals surface area (Å²) in [7, 11) is 0. The summed E-state index contributed by atoms with van der Waals surface area (Å²) in [5.41, 5.74) is 0.720. The molecular weight excluding hydrogens is 342 g/mol. The van der Waals surface area contributed by atoms with Crippen LogP contribution in [0.25, 0.3) is 10.9 Å². The Labute approximate surface area is 158 Å². The van der Waals surface area contributed by atoms with Gasteiger partial charge in [-0.05, 0) is 25.0 Å². The van der Waals surface area contributed by atoms with Crippen molar-refractivity contribution < 1.29 is 4.74 Å². The van der Waals surface area contributed by atoms with Gasteiger partial charge in [-0.25, -0.2) is 14.6 Å². The van der Waals surface area contributed by atoms with Gasteiger partial charge in [0.15, 0.2) is 5.82 Å². The van der Waals surface area contributed by atoms with Crippen molar-refractivity contribution in [1.82, 2.24) is 24.3 Å². The van der Waals surface area contributed by atoms with Crippen molar-refractivity contribution in [1.29, 1.82) is 0 Å². The van der Waals surface area contributed by atoms with Gasteiger partial charge in [0.05, 0.1) is 23.8 Å². The molecule has 0 aliphatic carbocycles. The largest absolute Gasteiger partial charge is 0.381 e. The second kappa shape index (κ2) is 8.00. The molecule has 1 fully saturated rings. The van der Waals surface area contributed by atoms with Gasteiger partial charge in [-0.15, -0.1) is 0 Å². The molecule has 0 amide bonds. The summed E-state index contributed by atoms with van der Waals surface area (Å²) in [5.74, 6) is 2.10. The van der Waals surface area contributed by atoms with Crippen LogP contribution in [0, 0.1) is 0 Å². The number of aryl methyl sites for hydroxylation is 3. The Morgan fingerprint density at radius 1 is 1.26 bits per heavy atom. The van der Waals surface area contributed by atoms with Crippen LogP contribution in [0.1, 0.15) is 43.8 Å². The van der Waals surface area contributed by atoms with Gasteiger partial charge in [-0.3, -0.25) is 9.36 Å². The molecule has 142 valence electrons. The number of unbranched alkanes of at least 4 members (excludes halogenated alkanes) is 1. The minimum Gasteiger partial charge on any atom is -0.381 e. The zero-order valence-corrected chi connectivity index (χ0v) is 15.7. The first-order chi connectivity index (χ1) is 13.3. The predicted octanol–water partition coefficient (Wildman–Crippen LogP) is 2.53. The van der Waals surface area contributed by atoms with E-state index in [1.165, 1.54) is 0 Å². The van der Waals surface area contributed by atoms with E-state index in [1.54, 1.807) is 10.9 Å². The molecule has 0 bridgehead atoms. The summed E-state index contributed by atoms with van der Waals surface area (Å²) in [6.45, 7) is 5.05. The van der Waals surface area contributed by atoms with Gasteiger partial charge in [0.1, 0.15) is 5.82 Å². The first-order valence-electron chi connectivity index (χ1n) is 9.72. The smallest absolute Gasteiger partial charge is 0.261 e. The lowest BCUT2D eigenvalue weighted by atomic mass is 10.1. The number of para-hydroxylation sites is 1. The van der Waals surface area contributed by atoms with Crippen LogP contribution < -0.4 is 5.56 Å². The van der Waals surface area contributed by atoms with E-state index in [0.717, 1.165) is 49.6 Å². The van der Waals surface area contributed by atoms with Crippen LogP contribution in [-0.2, 0) is 24.2 Å². The number of aromatic nitrogens is 5. The normalized spacial score (nSPS) is 17.0. The molecule has 1 aliphatic heterocycles. The monoisotopic (exact) mass is 367 g/mol. The predicted molar refractivity (Wildman–Crippen MR) is 103 cm³/mol. The van der Waals surface area contributed by atoms with Gasteiger partial charge in [0.25, 0.3) is 5.56 Å². The van der Waals surface area contributed by atoms with Gasteiger partial charge in [0, 0.05) is 32.0 Å². The molecule has 1 aromatic carbocycles. The topological polar surface area (TPSA) is 74.8 Å². The highest BCUT2D eigenvalue weighted by molar-refractivity contribution is 5.76. The summed E-state index contributed by atoms with van der Waals surface area (Å²) in [6.07, 6.45) is 5.43. The summed E-state index contributed by atoms with van der Waals surface area (Å²) in [5, 5.41) is 5.39. The summed E-state index contributed by atoms with van der Waals surface area (Å²) in [4.78, 5) is 21.9. The standard InChI is InChI=1S/C20H25N5O2/c1-2-3-10-25-18(22-19(23-25)15-9-12-27-13-15)8-11-24-14-21-17-7-5-4-6-16(17)20(24)26/h4-7,14-15H,2-3,8-13H2,1H3/t15-/m1/s1. The van der Waals surface area contributed by atoms with Gasteiger partial charge in [-0.1, -0.05) is 25.5 Å². The van der Waals surface area contributed by atoms with Gasteiger partial charge in [-0.2, -0.15) is 5.10 Å². The van der Waals surface area contributed by atoms with Crippen LogP contribution in [0.15, 0.2) is 35.4 Å². The van der Waals surface area contributed by atoms with Crippen LogP contribution in [0.4, 0.5) is 0 Å². The molecule has 7 nitrogen and oxygen atoms in total. The molecule has 4 rings (SSSR count). The Morgan fingerprint density at radius 3 is 2.96 bits per heavy atom. The molecule has 0 spiro atoms. The number of nitrogens with zero attached hydrogens (tertiary/aromatic N) is 5. The SMILES string of the molecule is CCCCn1nc([C@@H]2CCOC2)nc1CCn1cnc2ccccc2c1=O. The second-order valence-corrected chi connectivity index (χ2v) is 7.03. The molecule has 2 aromatic heterocycles. The maximum absolute atomic E-state index is 12.7. The Bertz CT molecular complexity index is 972. The average Bonchev–Trinajstić information content (AvgIpc) is 3.36. The second-order valence-electron chi connectivity index (χ2n) is 7.03. The zero-order valence-electron chi connectivity index (χ0n) is 15.7. The number of hydrogen-bond acceptors (Lipinski definition) is 5. The first kappa shape index (κ1) is 17.9. The molecule has 1 saturated heterocycles. The molecule has 1 atom stereocenters. The maximum Gasteiger partial charge on any atom is 0.261 e. The fourth-order valence-corrected chi connectivity index (χ4v) is 3.46. The minimum atomic E-state index is -0.00959. The summed E-state index contributed by atoms with van der Waals surface area (Å²) >= 11 is 0. The van der Waals surface area contributed by atoms with Gasteiger partial charge < -0.3 is 4.74 Å². The minimum absolute atomic E-state index is 0.00959. The van der Waals surface area contributed by atoms with Crippen molar-refractivity contribution in [2.45, 2.75) is 51.6 Å². The van der Waals surface area contributed by atoms with Crippen molar-refractivity contribution in [3.63, 3.8) is 0 Å². The van der Waals surface area contributed by atoms with Crippen LogP contribution in [0.2, 0.25) is 0 Å². The Morgan fingerprint density at radius 2 is 2.15 bits per heavy atom. The first-order valence-corrected chi connectivity index (χ1v) is 9.72. The molecule has 27 heavy (non-hydrogen) atoms. The Hall–Kier alpha value is -2.54. The third-order valence-corrected chi connectivity index (χ3v) is 5.09. The van der Waals surface area contributed by atoms with Crippen molar-refractivity contribution in [2.24, 2.45) is 0 Å². The zero-order chi connectivity index (χ0) is 18.6. The number of hydrogen-bond donors (Lipinski definition) is 0. The van der Waals surface area contributed by atoms with E-state index in [1.807, 2.05) is 28.9 Å². The van der Waals surface area contributed by atoms with E-state index in [9.17, 15) is 4.79 Å². The van der Waals surface area contributed by atoms with E-state index in [-0.39, 0.29) is 11.5 Å². The summed E-state index contributed by atoms with van der Waals surface area (Å²) < 4.78 is 9.16. The highest BCUT2D eigenvalue weighted by Crippen LogP contribution is 2.23. The number of ether oxygens (including phenoxy) is 1. The van der Waals surface area contributed by atoms with Gasteiger partial charge >= 0.3 is 0 Å². The number of benzene rings is 1. The molecule has 3 aromatic rings. The van der Waals surface area contributed by atoms with Gasteiger partial charge in [0.2, 0.25) is 0 Å². The fraction of sp³-hybridized carbons (Fsp3) is 0.500. The van der Waals surface area contributed by atoms with Crippen LogP contribution >= 0.6 is 0 Å². The molecule has 1 aliphatic rings. The molecular formula is C20H25N5O2. The van der Waals surface area contributed by atoms with Crippen LogP contribution in [0.3, 0.4) is 0 Å². The lowest BCUT2D eigenvalue weighted by molar-refractivity contribution is 0.193. The molecule has 7 heteroatoms. The van der Waals surface area contributed by atoms with Crippen molar-refractivity contribution in [3.05, 3.63) is 52.6 Å². The van der Waals surface area contributed by atoms with Crippen molar-refractivity contribution in [2.75, 3.05) is 13.2 Å². The Balaban J connectivity index is 1.56. The van der Waals surface area contributed by atoms with Crippen LogP contribution in [0.5, 0.6) is 0 Å². The highest BCUT2D eigenvalue weighted by atomic mass is 16.5. The van der Waals surface area contributed by atoms with E-state index >= 15 is 0 Å². The van der Waals surface area contributed by atoms with E-state index < -0.39 is 0 Å². The fourth-order valence-electron chi connectivity index (χ4n) is 3.46. The Kier molecular flexibility index (Phi) is 5.29. The van der Waals surface area contributed by atoms with E-state index in [4.69, 9.17) is 14.8 Å². The number of fused-ring (bicyclic) bond motifs is 1. The average molecular weight is 367 g/mol. The molecule has 0 unspecified atom stereocenters. The summed E-state index contributed by atoms with van der Waals surface area (Å²) in [6, 6.07) is 7.44. The third kappa shape index (κ3) is 3.78. The quantitative estimate of drug-likeness (QED) is 0.641. The molecule has 0 radical (unpaired) electrons. The molecule has 0 saturated carbocycles. The maximum atomic E-state index is 12.7. The van der Waals surface area contributed by atoms with Crippen LogP contribution in [-0.4, -0.2) is 37.5 Å². The van der Waals surface area contributed by atoms with Crippen molar-refractivity contribution in [3.8, 4) is 0 Å². The molecule has 3 heterocycles. The van der Waals surface area contributed by atoms with E-state index in [0.29, 0.717) is 25.0 Å². The highest BCUT2D eigenvalue weighted by Gasteiger charge is 2.23. The molecule has 0 N–H and O–H groups in total. The van der Waals surface area contributed by atoms with E-state index in [2.05, 4.69) is 11.9 Å². The lowest BCUT2D eigenvalue weighted by Gasteiger charge is -2.08.